The minimum Gasteiger partial charge on any atom is -0.340 e. The van der Waals surface area contributed by atoms with Crippen LogP contribution in [0.2, 0.25) is 0 Å². The van der Waals surface area contributed by atoms with Crippen LogP contribution in [-0.4, -0.2) is 11.2 Å². The summed E-state index contributed by atoms with van der Waals surface area (Å²) in [6, 6.07) is 4.05. The van der Waals surface area contributed by atoms with E-state index in [-0.39, 0.29) is 0 Å². The fourth-order valence-electron chi connectivity index (χ4n) is 1.40. The summed E-state index contributed by atoms with van der Waals surface area (Å²) >= 11 is 0. The number of nitrogens with zero attached hydrogens (tertiary/aromatic N) is 2. The molecular weight excluding hydrogens is 202 g/mol. The molecule has 0 aromatic carbocycles. The van der Waals surface area contributed by atoms with Crippen LogP contribution in [0.1, 0.15) is 30.8 Å². The third-order valence-electron chi connectivity index (χ3n) is 2.54. The summed E-state index contributed by atoms with van der Waals surface area (Å²) in [5.74, 6) is 0.513. The molecule has 1 aromatic heterocycles. The third kappa shape index (κ3) is 3.09. The molecule has 1 aromatic rings. The highest BCUT2D eigenvalue weighted by molar-refractivity contribution is 5.33. The predicted molar refractivity (Wildman–Crippen MR) is 62.5 cm³/mol. The van der Waals surface area contributed by atoms with Gasteiger partial charge in [-0.15, -0.1) is 0 Å². The zero-order valence-electron chi connectivity index (χ0n) is 10.4. The van der Waals surface area contributed by atoms with E-state index in [0.29, 0.717) is 24.8 Å². The van der Waals surface area contributed by atoms with E-state index in [0.717, 1.165) is 11.3 Å². The Bertz CT molecular complexity index is 388. The Morgan fingerprint density at radius 1 is 1.56 bits per heavy atom. The summed E-state index contributed by atoms with van der Waals surface area (Å²) in [6.45, 7) is 7.53. The Labute approximate surface area is 96.8 Å². The highest BCUT2D eigenvalue weighted by atomic mass is 16.6. The lowest BCUT2D eigenvalue weighted by Gasteiger charge is -2.07. The number of hydroxylamine groups is 1. The maximum absolute atomic E-state index is 8.88. The van der Waals surface area contributed by atoms with Crippen molar-refractivity contribution in [3.63, 3.8) is 0 Å². The topological polar surface area (TPSA) is 50.0 Å². The lowest BCUT2D eigenvalue weighted by Crippen LogP contribution is -2.17. The van der Waals surface area contributed by atoms with E-state index in [1.807, 2.05) is 24.6 Å². The first-order valence-corrected chi connectivity index (χ1v) is 5.46. The van der Waals surface area contributed by atoms with Crippen molar-refractivity contribution in [1.82, 2.24) is 10.0 Å². The molecule has 0 fully saturated rings. The van der Waals surface area contributed by atoms with E-state index >= 15 is 0 Å². The SMILES string of the molecule is Cc1c(CNOCC(C)C)cc(C#N)n1C. The Hall–Kier alpha value is -1.31. The highest BCUT2D eigenvalue weighted by Crippen LogP contribution is 2.12. The first-order chi connectivity index (χ1) is 7.56. The Kier molecular flexibility index (Phi) is 4.53. The fourth-order valence-corrected chi connectivity index (χ4v) is 1.40. The molecule has 0 bridgehead atoms. The second kappa shape index (κ2) is 5.69. The summed E-state index contributed by atoms with van der Waals surface area (Å²) in [7, 11) is 1.90. The van der Waals surface area contributed by atoms with Crippen LogP contribution in [0.4, 0.5) is 0 Å². The van der Waals surface area contributed by atoms with Crippen LogP contribution in [0.3, 0.4) is 0 Å². The predicted octanol–water partition coefficient (Wildman–Crippen LogP) is 1.88. The monoisotopic (exact) mass is 221 g/mol. The van der Waals surface area contributed by atoms with Crippen molar-refractivity contribution in [3.8, 4) is 6.07 Å². The summed E-state index contributed by atoms with van der Waals surface area (Å²) in [6.07, 6.45) is 0. The number of aromatic nitrogens is 1. The molecule has 0 amide bonds. The maximum atomic E-state index is 8.88. The van der Waals surface area contributed by atoms with Gasteiger partial charge in [0.2, 0.25) is 0 Å². The molecular formula is C12H19N3O. The van der Waals surface area contributed by atoms with Gasteiger partial charge in [0, 0.05) is 19.3 Å². The number of rotatable bonds is 5. The minimum atomic E-state index is 0.513. The van der Waals surface area contributed by atoms with Gasteiger partial charge in [0.15, 0.2) is 0 Å². The molecule has 88 valence electrons. The molecule has 0 radical (unpaired) electrons. The summed E-state index contributed by atoms with van der Waals surface area (Å²) in [5, 5.41) is 8.88. The highest BCUT2D eigenvalue weighted by Gasteiger charge is 2.07. The number of nitriles is 1. The van der Waals surface area contributed by atoms with E-state index < -0.39 is 0 Å². The van der Waals surface area contributed by atoms with Crippen LogP contribution in [0, 0.1) is 24.2 Å². The first kappa shape index (κ1) is 12.8. The van der Waals surface area contributed by atoms with Gasteiger partial charge in [0.25, 0.3) is 0 Å². The van der Waals surface area contributed by atoms with Gasteiger partial charge in [-0.25, -0.2) is 0 Å². The third-order valence-corrected chi connectivity index (χ3v) is 2.54. The maximum Gasteiger partial charge on any atom is 0.120 e. The lowest BCUT2D eigenvalue weighted by molar-refractivity contribution is 0.0195. The van der Waals surface area contributed by atoms with Gasteiger partial charge in [-0.2, -0.15) is 10.7 Å². The van der Waals surface area contributed by atoms with Crippen molar-refractivity contribution in [2.45, 2.75) is 27.3 Å². The zero-order chi connectivity index (χ0) is 12.1. The standard InChI is InChI=1S/C12H19N3O/c1-9(2)8-16-14-7-11-5-12(6-13)15(4)10(11)3/h5,9,14H,7-8H2,1-4H3. The smallest absolute Gasteiger partial charge is 0.120 e. The normalized spacial score (nSPS) is 10.8. The van der Waals surface area contributed by atoms with Gasteiger partial charge in [0.05, 0.1) is 6.61 Å². The van der Waals surface area contributed by atoms with Crippen LogP contribution >= 0.6 is 0 Å². The van der Waals surface area contributed by atoms with Crippen molar-refractivity contribution in [2.24, 2.45) is 13.0 Å². The minimum absolute atomic E-state index is 0.513. The molecule has 1 heterocycles. The molecule has 4 nitrogen and oxygen atoms in total. The number of nitrogens with one attached hydrogen (secondary N) is 1. The molecule has 1 N–H and O–H groups in total. The number of hydrogen-bond donors (Lipinski definition) is 1. The Morgan fingerprint density at radius 2 is 2.25 bits per heavy atom. The van der Waals surface area contributed by atoms with Crippen molar-refractivity contribution in [2.75, 3.05) is 6.61 Å². The quantitative estimate of drug-likeness (QED) is 0.610. The van der Waals surface area contributed by atoms with Crippen LogP contribution in [0.15, 0.2) is 6.07 Å². The average Bonchev–Trinajstić information content (AvgIpc) is 2.51. The van der Waals surface area contributed by atoms with E-state index in [1.54, 1.807) is 0 Å². The second-order valence-electron chi connectivity index (χ2n) is 4.34. The molecule has 1 rings (SSSR count). The molecule has 0 aliphatic rings. The van der Waals surface area contributed by atoms with Gasteiger partial charge in [0.1, 0.15) is 11.8 Å². The van der Waals surface area contributed by atoms with Gasteiger partial charge in [-0.3, -0.25) is 0 Å². The molecule has 16 heavy (non-hydrogen) atoms. The van der Waals surface area contributed by atoms with Crippen molar-refractivity contribution in [1.29, 1.82) is 5.26 Å². The summed E-state index contributed by atoms with van der Waals surface area (Å²) < 4.78 is 1.89. The van der Waals surface area contributed by atoms with Gasteiger partial charge in [-0.05, 0) is 24.5 Å². The molecule has 0 aliphatic heterocycles. The van der Waals surface area contributed by atoms with Crippen molar-refractivity contribution < 1.29 is 4.84 Å². The molecule has 0 unspecified atom stereocenters. The lowest BCUT2D eigenvalue weighted by atomic mass is 10.2. The number of hydrogen-bond acceptors (Lipinski definition) is 3. The molecule has 4 heteroatoms. The first-order valence-electron chi connectivity index (χ1n) is 5.46. The van der Waals surface area contributed by atoms with Crippen molar-refractivity contribution in [3.05, 3.63) is 23.0 Å². The Morgan fingerprint density at radius 3 is 2.75 bits per heavy atom. The van der Waals surface area contributed by atoms with E-state index in [9.17, 15) is 0 Å². The van der Waals surface area contributed by atoms with Gasteiger partial charge < -0.3 is 9.40 Å². The van der Waals surface area contributed by atoms with Crippen LogP contribution in [0.5, 0.6) is 0 Å². The molecule has 0 atom stereocenters. The van der Waals surface area contributed by atoms with E-state index in [1.165, 1.54) is 0 Å². The second-order valence-corrected chi connectivity index (χ2v) is 4.34. The summed E-state index contributed by atoms with van der Waals surface area (Å²) in [5.41, 5.74) is 5.79. The van der Waals surface area contributed by atoms with E-state index in [4.69, 9.17) is 10.1 Å². The molecule has 0 aliphatic carbocycles. The largest absolute Gasteiger partial charge is 0.340 e. The van der Waals surface area contributed by atoms with Crippen molar-refractivity contribution >= 4 is 0 Å². The molecule has 0 saturated heterocycles. The summed E-state index contributed by atoms with van der Waals surface area (Å²) in [4.78, 5) is 5.29. The van der Waals surface area contributed by atoms with Crippen LogP contribution in [-0.2, 0) is 18.4 Å². The Balaban J connectivity index is 2.52. The molecule has 0 saturated carbocycles. The zero-order valence-corrected chi connectivity index (χ0v) is 10.4. The van der Waals surface area contributed by atoms with Crippen LogP contribution < -0.4 is 5.48 Å². The fraction of sp³-hybridized carbons (Fsp3) is 0.583. The van der Waals surface area contributed by atoms with Crippen LogP contribution in [0.25, 0.3) is 0 Å². The average molecular weight is 221 g/mol. The molecule has 0 spiro atoms. The van der Waals surface area contributed by atoms with Gasteiger partial charge in [-0.1, -0.05) is 13.8 Å². The van der Waals surface area contributed by atoms with Gasteiger partial charge >= 0.3 is 0 Å². The van der Waals surface area contributed by atoms with E-state index in [2.05, 4.69) is 25.4 Å².